The molecule has 4 unspecified atom stereocenters. The van der Waals surface area contributed by atoms with Crippen molar-refractivity contribution in [3.8, 4) is 0 Å². The highest BCUT2D eigenvalue weighted by atomic mass is 16.7. The normalized spacial score (nSPS) is 23.1. The lowest BCUT2D eigenvalue weighted by molar-refractivity contribution is -0.178. The lowest BCUT2D eigenvalue weighted by Gasteiger charge is -2.21. The zero-order valence-electron chi connectivity index (χ0n) is 17.4. The van der Waals surface area contributed by atoms with Crippen molar-refractivity contribution in [3.63, 3.8) is 0 Å². The van der Waals surface area contributed by atoms with Crippen molar-refractivity contribution in [2.24, 2.45) is 0 Å². The Kier molecular flexibility index (Phi) is 7.82. The number of aliphatic hydroxyl groups is 1. The Balaban J connectivity index is 1.36. The SMILES string of the molecule is OC1C(OCc2ccccc2)OC(COCc2ccccc2)C1OCc1ccccc1. The van der Waals surface area contributed by atoms with Gasteiger partial charge in [0, 0.05) is 0 Å². The average Bonchev–Trinajstić information content (AvgIpc) is 3.12. The van der Waals surface area contributed by atoms with E-state index in [1.807, 2.05) is 91.0 Å². The molecule has 0 spiro atoms. The summed E-state index contributed by atoms with van der Waals surface area (Å²) < 4.78 is 23.8. The van der Waals surface area contributed by atoms with Crippen LogP contribution in [-0.2, 0) is 38.8 Å². The van der Waals surface area contributed by atoms with Crippen molar-refractivity contribution >= 4 is 0 Å². The summed E-state index contributed by atoms with van der Waals surface area (Å²) in [5, 5.41) is 10.9. The molecule has 0 bridgehead atoms. The van der Waals surface area contributed by atoms with Crippen LogP contribution in [0.5, 0.6) is 0 Å². The van der Waals surface area contributed by atoms with E-state index in [1.54, 1.807) is 0 Å². The molecule has 4 atom stereocenters. The van der Waals surface area contributed by atoms with E-state index in [9.17, 15) is 5.11 Å². The van der Waals surface area contributed by atoms with E-state index < -0.39 is 24.6 Å². The largest absolute Gasteiger partial charge is 0.385 e. The lowest BCUT2D eigenvalue weighted by atomic mass is 10.1. The van der Waals surface area contributed by atoms with E-state index in [1.165, 1.54) is 0 Å². The third kappa shape index (κ3) is 6.23. The summed E-state index contributed by atoms with van der Waals surface area (Å²) in [4.78, 5) is 0. The summed E-state index contributed by atoms with van der Waals surface area (Å²) in [6, 6.07) is 29.7. The molecule has 3 aromatic carbocycles. The van der Waals surface area contributed by atoms with E-state index in [2.05, 4.69) is 0 Å². The van der Waals surface area contributed by atoms with Gasteiger partial charge in [-0.3, -0.25) is 0 Å². The molecule has 1 aliphatic heterocycles. The Morgan fingerprint density at radius 3 is 1.68 bits per heavy atom. The third-order valence-electron chi connectivity index (χ3n) is 5.23. The summed E-state index contributed by atoms with van der Waals surface area (Å²) >= 11 is 0. The fourth-order valence-corrected chi connectivity index (χ4v) is 3.57. The second kappa shape index (κ2) is 11.2. The minimum absolute atomic E-state index is 0.302. The summed E-state index contributed by atoms with van der Waals surface area (Å²) in [6.07, 6.45) is -2.65. The molecule has 1 aliphatic rings. The minimum atomic E-state index is -0.905. The van der Waals surface area contributed by atoms with Gasteiger partial charge in [0.15, 0.2) is 6.29 Å². The quantitative estimate of drug-likeness (QED) is 0.535. The van der Waals surface area contributed by atoms with Crippen molar-refractivity contribution in [3.05, 3.63) is 108 Å². The zero-order chi connectivity index (χ0) is 21.3. The van der Waals surface area contributed by atoms with Crippen molar-refractivity contribution in [2.75, 3.05) is 6.61 Å². The molecule has 0 amide bonds. The molecule has 3 aromatic rings. The minimum Gasteiger partial charge on any atom is -0.385 e. The maximum atomic E-state index is 10.9. The van der Waals surface area contributed by atoms with Gasteiger partial charge in [0.05, 0.1) is 26.4 Å². The van der Waals surface area contributed by atoms with Crippen LogP contribution in [0.15, 0.2) is 91.0 Å². The van der Waals surface area contributed by atoms with E-state index in [0.29, 0.717) is 26.4 Å². The van der Waals surface area contributed by atoms with E-state index in [-0.39, 0.29) is 0 Å². The maximum absolute atomic E-state index is 10.9. The zero-order valence-corrected chi connectivity index (χ0v) is 17.4. The molecule has 0 radical (unpaired) electrons. The van der Waals surface area contributed by atoms with Crippen LogP contribution < -0.4 is 0 Å². The summed E-state index contributed by atoms with van der Waals surface area (Å²) in [5.41, 5.74) is 3.14. The molecule has 5 nitrogen and oxygen atoms in total. The second-order valence-corrected chi connectivity index (χ2v) is 7.59. The van der Waals surface area contributed by atoms with Gasteiger partial charge in [0.2, 0.25) is 0 Å². The molecule has 31 heavy (non-hydrogen) atoms. The molecule has 162 valence electrons. The molecule has 4 rings (SSSR count). The smallest absolute Gasteiger partial charge is 0.187 e. The Hall–Kier alpha value is -2.54. The fraction of sp³-hybridized carbons (Fsp3) is 0.308. The van der Waals surface area contributed by atoms with Crippen LogP contribution in [0.25, 0.3) is 0 Å². The average molecular weight is 421 g/mol. The highest BCUT2D eigenvalue weighted by Crippen LogP contribution is 2.27. The van der Waals surface area contributed by atoms with Gasteiger partial charge in [0.25, 0.3) is 0 Å². The molecule has 5 heteroatoms. The molecular weight excluding hydrogens is 392 g/mol. The van der Waals surface area contributed by atoms with Gasteiger partial charge < -0.3 is 24.1 Å². The third-order valence-corrected chi connectivity index (χ3v) is 5.23. The lowest BCUT2D eigenvalue weighted by Crippen LogP contribution is -2.37. The van der Waals surface area contributed by atoms with Crippen LogP contribution in [0.1, 0.15) is 16.7 Å². The van der Waals surface area contributed by atoms with Crippen LogP contribution in [-0.4, -0.2) is 36.3 Å². The summed E-state index contributed by atoms with van der Waals surface area (Å²) in [5.74, 6) is 0. The standard InChI is InChI=1S/C26H28O5/c27-24-25(29-17-21-12-6-2-7-13-21)23(19-28-16-20-10-4-1-5-11-20)31-26(24)30-18-22-14-8-3-9-15-22/h1-15,23-27H,16-19H2. The van der Waals surface area contributed by atoms with E-state index in [4.69, 9.17) is 18.9 Å². The number of hydrogen-bond acceptors (Lipinski definition) is 5. The van der Waals surface area contributed by atoms with Gasteiger partial charge in [-0.25, -0.2) is 0 Å². The second-order valence-electron chi connectivity index (χ2n) is 7.59. The van der Waals surface area contributed by atoms with Crippen molar-refractivity contribution in [1.29, 1.82) is 0 Å². The molecule has 0 saturated carbocycles. The van der Waals surface area contributed by atoms with Crippen LogP contribution in [0, 0.1) is 0 Å². The van der Waals surface area contributed by atoms with Gasteiger partial charge >= 0.3 is 0 Å². The molecule has 1 saturated heterocycles. The van der Waals surface area contributed by atoms with Gasteiger partial charge in [-0.15, -0.1) is 0 Å². The highest BCUT2D eigenvalue weighted by Gasteiger charge is 2.45. The van der Waals surface area contributed by atoms with E-state index in [0.717, 1.165) is 16.7 Å². The van der Waals surface area contributed by atoms with E-state index >= 15 is 0 Å². The van der Waals surface area contributed by atoms with Crippen LogP contribution in [0.3, 0.4) is 0 Å². The Bertz CT molecular complexity index is 887. The van der Waals surface area contributed by atoms with Gasteiger partial charge in [-0.1, -0.05) is 91.0 Å². The van der Waals surface area contributed by atoms with Crippen LogP contribution in [0.2, 0.25) is 0 Å². The predicted octanol–water partition coefficient (Wildman–Crippen LogP) is 4.09. The van der Waals surface area contributed by atoms with Crippen LogP contribution in [0.4, 0.5) is 0 Å². The monoisotopic (exact) mass is 420 g/mol. The van der Waals surface area contributed by atoms with Gasteiger partial charge in [-0.05, 0) is 16.7 Å². The molecular formula is C26H28O5. The Morgan fingerprint density at radius 2 is 1.13 bits per heavy atom. The first-order valence-corrected chi connectivity index (χ1v) is 10.6. The molecule has 1 N–H and O–H groups in total. The van der Waals surface area contributed by atoms with Gasteiger partial charge in [0.1, 0.15) is 18.3 Å². The van der Waals surface area contributed by atoms with Crippen molar-refractivity contribution in [1.82, 2.24) is 0 Å². The summed E-state index contributed by atoms with van der Waals surface area (Å²) in [7, 11) is 0. The Morgan fingerprint density at radius 1 is 0.645 bits per heavy atom. The van der Waals surface area contributed by atoms with Crippen LogP contribution >= 0.6 is 0 Å². The number of hydrogen-bond donors (Lipinski definition) is 1. The predicted molar refractivity (Wildman–Crippen MR) is 117 cm³/mol. The first kappa shape index (κ1) is 21.7. The van der Waals surface area contributed by atoms with Crippen molar-refractivity contribution in [2.45, 2.75) is 44.4 Å². The number of benzene rings is 3. The Labute approximate surface area is 183 Å². The number of aliphatic hydroxyl groups excluding tert-OH is 1. The molecule has 1 fully saturated rings. The molecule has 1 heterocycles. The first-order chi connectivity index (χ1) is 15.3. The maximum Gasteiger partial charge on any atom is 0.187 e. The van der Waals surface area contributed by atoms with Crippen molar-refractivity contribution < 1.29 is 24.1 Å². The van der Waals surface area contributed by atoms with Gasteiger partial charge in [-0.2, -0.15) is 0 Å². The fourth-order valence-electron chi connectivity index (χ4n) is 3.57. The summed E-state index contributed by atoms with van der Waals surface area (Å²) in [6.45, 7) is 1.51. The number of ether oxygens (including phenoxy) is 4. The first-order valence-electron chi connectivity index (χ1n) is 10.6. The molecule has 0 aliphatic carbocycles. The molecule has 0 aromatic heterocycles. The topological polar surface area (TPSA) is 57.2 Å². The number of rotatable bonds is 10. The highest BCUT2D eigenvalue weighted by molar-refractivity contribution is 5.15.